The van der Waals surface area contributed by atoms with Crippen LogP contribution >= 0.6 is 0 Å². The molecule has 0 rings (SSSR count). The second kappa shape index (κ2) is 8.93. The van der Waals surface area contributed by atoms with Crippen molar-refractivity contribution in [2.24, 2.45) is 5.73 Å². The van der Waals surface area contributed by atoms with Crippen molar-refractivity contribution >= 4 is 5.97 Å². The third-order valence-electron chi connectivity index (χ3n) is 1.87. The summed E-state index contributed by atoms with van der Waals surface area (Å²) in [6, 6.07) is 0. The van der Waals surface area contributed by atoms with Gasteiger partial charge in [0.05, 0.1) is 6.54 Å². The largest absolute Gasteiger partial charge is 0.480 e. The van der Waals surface area contributed by atoms with E-state index in [2.05, 4.69) is 17.1 Å². The minimum atomic E-state index is -0.814. The minimum Gasteiger partial charge on any atom is -0.480 e. The van der Waals surface area contributed by atoms with Gasteiger partial charge in [0.1, 0.15) is 0 Å². The number of nitrogens with two attached hydrogens (primary N) is 1. The van der Waals surface area contributed by atoms with Crippen LogP contribution in [-0.4, -0.2) is 55.2 Å². The summed E-state index contributed by atoms with van der Waals surface area (Å²) >= 11 is 0. The van der Waals surface area contributed by atoms with Gasteiger partial charge in [-0.2, -0.15) is 0 Å². The number of carboxylic acids is 1. The Bertz CT molecular complexity index is 147. The molecule has 0 amide bonds. The van der Waals surface area contributed by atoms with E-state index >= 15 is 0 Å². The van der Waals surface area contributed by atoms with Crippen LogP contribution in [0.5, 0.6) is 0 Å². The average Bonchev–Trinajstić information content (AvgIpc) is 2.12. The van der Waals surface area contributed by atoms with Gasteiger partial charge in [-0.3, -0.25) is 4.79 Å². The van der Waals surface area contributed by atoms with Crippen LogP contribution in [0.1, 0.15) is 13.3 Å². The molecule has 0 aromatic heterocycles. The molecule has 4 N–H and O–H groups in total. The van der Waals surface area contributed by atoms with E-state index in [-0.39, 0.29) is 6.54 Å². The molecule has 0 aliphatic rings. The maximum Gasteiger partial charge on any atom is 0.317 e. The molecule has 0 aromatic rings. The van der Waals surface area contributed by atoms with Crippen LogP contribution in [0.25, 0.3) is 0 Å². The van der Waals surface area contributed by atoms with E-state index in [1.807, 2.05) is 0 Å². The fourth-order valence-corrected chi connectivity index (χ4v) is 1.27. The van der Waals surface area contributed by atoms with Gasteiger partial charge in [0.25, 0.3) is 0 Å². The first-order chi connectivity index (χ1) is 6.70. The third-order valence-corrected chi connectivity index (χ3v) is 1.87. The average molecular weight is 203 g/mol. The number of nitrogens with one attached hydrogen (secondary N) is 1. The van der Waals surface area contributed by atoms with Gasteiger partial charge in [0, 0.05) is 26.2 Å². The van der Waals surface area contributed by atoms with Crippen LogP contribution in [0.15, 0.2) is 0 Å². The molecule has 0 aliphatic heterocycles. The van der Waals surface area contributed by atoms with E-state index in [0.717, 1.165) is 26.1 Å². The van der Waals surface area contributed by atoms with Crippen LogP contribution < -0.4 is 11.1 Å². The summed E-state index contributed by atoms with van der Waals surface area (Å²) in [5.41, 5.74) is 5.46. The lowest BCUT2D eigenvalue weighted by atomic mass is 10.4. The predicted molar refractivity (Wildman–Crippen MR) is 56.3 cm³/mol. The molecule has 84 valence electrons. The molecule has 0 unspecified atom stereocenters. The summed E-state index contributed by atoms with van der Waals surface area (Å²) < 4.78 is 0. The highest BCUT2D eigenvalue weighted by molar-refractivity contribution is 5.68. The fraction of sp³-hybridized carbons (Fsp3) is 0.889. The summed E-state index contributed by atoms with van der Waals surface area (Å²) in [4.78, 5) is 12.4. The van der Waals surface area contributed by atoms with Crippen molar-refractivity contribution in [3.8, 4) is 0 Å². The Kier molecular flexibility index (Phi) is 8.51. The lowest BCUT2D eigenvalue weighted by Crippen LogP contribution is -2.37. The van der Waals surface area contributed by atoms with Gasteiger partial charge in [0.2, 0.25) is 0 Å². The van der Waals surface area contributed by atoms with E-state index in [9.17, 15) is 4.79 Å². The first-order valence-corrected chi connectivity index (χ1v) is 5.05. The topological polar surface area (TPSA) is 78.6 Å². The maximum absolute atomic E-state index is 10.2. The number of nitrogens with zero attached hydrogens (tertiary/aromatic N) is 1. The quantitative estimate of drug-likeness (QED) is 0.433. The molecule has 0 atom stereocenters. The standard InChI is InChI=1S/C9H21N3O2/c1-2-5-12(6-3-10)7-4-11-8-9(13)14/h11H,2-8,10H2,1H3,(H,13,14). The summed E-state index contributed by atoms with van der Waals surface area (Å²) in [5, 5.41) is 11.2. The smallest absolute Gasteiger partial charge is 0.317 e. The normalized spacial score (nSPS) is 10.8. The first-order valence-electron chi connectivity index (χ1n) is 5.05. The Hall–Kier alpha value is -0.650. The van der Waals surface area contributed by atoms with Crippen molar-refractivity contribution < 1.29 is 9.90 Å². The third kappa shape index (κ3) is 7.97. The van der Waals surface area contributed by atoms with Gasteiger partial charge in [-0.1, -0.05) is 6.92 Å². The SMILES string of the molecule is CCCN(CCN)CCNCC(=O)O. The number of rotatable bonds is 9. The van der Waals surface area contributed by atoms with E-state index < -0.39 is 5.97 Å². The summed E-state index contributed by atoms with van der Waals surface area (Å²) in [6.07, 6.45) is 1.10. The predicted octanol–water partition coefficient (Wildman–Crippen LogP) is -0.669. The molecule has 0 saturated carbocycles. The minimum absolute atomic E-state index is 0.0303. The molecule has 0 aromatic carbocycles. The van der Waals surface area contributed by atoms with E-state index in [1.54, 1.807) is 0 Å². The van der Waals surface area contributed by atoms with Gasteiger partial charge >= 0.3 is 5.97 Å². The van der Waals surface area contributed by atoms with E-state index in [1.165, 1.54) is 0 Å². The zero-order valence-electron chi connectivity index (χ0n) is 8.83. The van der Waals surface area contributed by atoms with Gasteiger partial charge in [-0.15, -0.1) is 0 Å². The van der Waals surface area contributed by atoms with Gasteiger partial charge in [0.15, 0.2) is 0 Å². The number of hydrogen-bond donors (Lipinski definition) is 3. The van der Waals surface area contributed by atoms with Crippen molar-refractivity contribution in [3.63, 3.8) is 0 Å². The fourth-order valence-electron chi connectivity index (χ4n) is 1.27. The van der Waals surface area contributed by atoms with Gasteiger partial charge in [-0.25, -0.2) is 0 Å². The molecule has 14 heavy (non-hydrogen) atoms. The van der Waals surface area contributed by atoms with Crippen molar-refractivity contribution in [1.29, 1.82) is 0 Å². The Morgan fingerprint density at radius 3 is 2.64 bits per heavy atom. The number of hydrogen-bond acceptors (Lipinski definition) is 4. The Labute approximate surface area is 85.3 Å². The molecule has 0 saturated heterocycles. The first kappa shape index (κ1) is 13.4. The van der Waals surface area contributed by atoms with Crippen LogP contribution in [0.2, 0.25) is 0 Å². The van der Waals surface area contributed by atoms with Crippen molar-refractivity contribution in [3.05, 3.63) is 0 Å². The van der Waals surface area contributed by atoms with Crippen molar-refractivity contribution in [1.82, 2.24) is 10.2 Å². The molecular formula is C9H21N3O2. The molecular weight excluding hydrogens is 182 g/mol. The molecule has 0 bridgehead atoms. The lowest BCUT2D eigenvalue weighted by Gasteiger charge is -2.20. The van der Waals surface area contributed by atoms with Gasteiger partial charge in [-0.05, 0) is 13.0 Å². The highest BCUT2D eigenvalue weighted by Crippen LogP contribution is 1.88. The number of carboxylic acid groups (broad SMARTS) is 1. The molecule has 5 heteroatoms. The Morgan fingerprint density at radius 1 is 1.43 bits per heavy atom. The highest BCUT2D eigenvalue weighted by Gasteiger charge is 2.02. The lowest BCUT2D eigenvalue weighted by molar-refractivity contribution is -0.135. The molecule has 0 aliphatic carbocycles. The summed E-state index contributed by atoms with van der Waals surface area (Å²) in [5.74, 6) is -0.814. The van der Waals surface area contributed by atoms with Crippen LogP contribution in [0.3, 0.4) is 0 Å². The number of aliphatic carboxylic acids is 1. The zero-order chi connectivity index (χ0) is 10.8. The van der Waals surface area contributed by atoms with Gasteiger partial charge < -0.3 is 21.1 Å². The molecule has 0 spiro atoms. The molecule has 0 heterocycles. The Balaban J connectivity index is 3.44. The zero-order valence-corrected chi connectivity index (χ0v) is 8.83. The second-order valence-electron chi connectivity index (χ2n) is 3.20. The van der Waals surface area contributed by atoms with Crippen LogP contribution in [0.4, 0.5) is 0 Å². The highest BCUT2D eigenvalue weighted by atomic mass is 16.4. The summed E-state index contributed by atoms with van der Waals surface area (Å²) in [6.45, 7) is 6.26. The second-order valence-corrected chi connectivity index (χ2v) is 3.20. The number of carbonyl (C=O) groups is 1. The molecule has 0 fully saturated rings. The molecule has 0 radical (unpaired) electrons. The van der Waals surface area contributed by atoms with Crippen LogP contribution in [0, 0.1) is 0 Å². The van der Waals surface area contributed by atoms with E-state index in [4.69, 9.17) is 10.8 Å². The van der Waals surface area contributed by atoms with Crippen molar-refractivity contribution in [2.45, 2.75) is 13.3 Å². The van der Waals surface area contributed by atoms with E-state index in [0.29, 0.717) is 13.1 Å². The summed E-state index contributed by atoms with van der Waals surface area (Å²) in [7, 11) is 0. The monoisotopic (exact) mass is 203 g/mol. The Morgan fingerprint density at radius 2 is 2.14 bits per heavy atom. The van der Waals surface area contributed by atoms with Crippen molar-refractivity contribution in [2.75, 3.05) is 39.3 Å². The van der Waals surface area contributed by atoms with Crippen LogP contribution in [-0.2, 0) is 4.79 Å². The molecule has 5 nitrogen and oxygen atoms in total. The maximum atomic E-state index is 10.2.